The average molecular weight is 537 g/mol. The summed E-state index contributed by atoms with van der Waals surface area (Å²) in [5, 5.41) is 0. The first-order chi connectivity index (χ1) is 17.5. The first kappa shape index (κ1) is 26.5. The second-order valence-corrected chi connectivity index (χ2v) is 10.4. The zero-order valence-corrected chi connectivity index (χ0v) is 20.6. The second-order valence-electron chi connectivity index (χ2n) is 8.50. The van der Waals surface area contributed by atoms with Gasteiger partial charge in [0.1, 0.15) is 18.1 Å². The molecule has 0 radical (unpaired) electrons. The minimum absolute atomic E-state index is 0.290. The van der Waals surface area contributed by atoms with Gasteiger partial charge in [-0.1, -0.05) is 24.3 Å². The van der Waals surface area contributed by atoms with Crippen LogP contribution in [0.4, 0.5) is 23.2 Å². The van der Waals surface area contributed by atoms with Crippen molar-refractivity contribution >= 4 is 21.6 Å². The normalized spacial score (nSPS) is 16.0. The van der Waals surface area contributed by atoms with Crippen LogP contribution in [-0.4, -0.2) is 39.4 Å². The van der Waals surface area contributed by atoms with Crippen molar-refractivity contribution in [3.63, 3.8) is 0 Å². The summed E-state index contributed by atoms with van der Waals surface area (Å²) in [5.41, 5.74) is -1.18. The molecule has 1 atom stereocenters. The van der Waals surface area contributed by atoms with Crippen molar-refractivity contribution in [3.05, 3.63) is 89.7 Å². The standard InChI is InChI=1S/C26H24F4N2O4S/c1-36-20-12-14-21(15-13-20)37(34,35)32(24-6-3-2-5-22(24)26(28,29)30)17-25(33)31-16-4-7-23(31)18-8-10-19(27)11-9-18/h2-3,5-6,8-15,23H,4,7,16-17H2,1H3. The van der Waals surface area contributed by atoms with Gasteiger partial charge >= 0.3 is 6.18 Å². The van der Waals surface area contributed by atoms with E-state index < -0.39 is 51.8 Å². The molecule has 6 nitrogen and oxygen atoms in total. The first-order valence-corrected chi connectivity index (χ1v) is 12.8. The van der Waals surface area contributed by atoms with Crippen LogP contribution in [-0.2, 0) is 21.0 Å². The van der Waals surface area contributed by atoms with Crippen molar-refractivity contribution in [2.75, 3.05) is 24.5 Å². The number of ether oxygens (including phenoxy) is 1. The summed E-state index contributed by atoms with van der Waals surface area (Å²) in [6.45, 7) is -0.558. The van der Waals surface area contributed by atoms with Gasteiger partial charge in [0.2, 0.25) is 5.91 Å². The van der Waals surface area contributed by atoms with Crippen molar-refractivity contribution in [1.82, 2.24) is 4.90 Å². The monoisotopic (exact) mass is 536 g/mol. The Morgan fingerprint density at radius 3 is 2.30 bits per heavy atom. The lowest BCUT2D eigenvalue weighted by molar-refractivity contribution is -0.137. The average Bonchev–Trinajstić information content (AvgIpc) is 3.37. The number of sulfonamides is 1. The predicted molar refractivity (Wildman–Crippen MR) is 129 cm³/mol. The highest BCUT2D eigenvalue weighted by atomic mass is 32.2. The second kappa shape index (κ2) is 10.4. The topological polar surface area (TPSA) is 66.9 Å². The molecule has 3 aromatic carbocycles. The Kier molecular flexibility index (Phi) is 7.44. The van der Waals surface area contributed by atoms with Crippen LogP contribution in [0.25, 0.3) is 0 Å². The summed E-state index contributed by atoms with van der Waals surface area (Å²) in [7, 11) is -3.20. The molecule has 1 saturated heterocycles. The van der Waals surface area contributed by atoms with Crippen molar-refractivity contribution in [3.8, 4) is 5.75 Å². The number of alkyl halides is 3. The molecule has 1 aliphatic heterocycles. The Morgan fingerprint density at radius 1 is 1.03 bits per heavy atom. The van der Waals surface area contributed by atoms with Crippen LogP contribution in [0.5, 0.6) is 5.75 Å². The van der Waals surface area contributed by atoms with Gasteiger partial charge in [0.15, 0.2) is 0 Å². The number of para-hydroxylation sites is 1. The highest BCUT2D eigenvalue weighted by Crippen LogP contribution is 2.39. The molecule has 37 heavy (non-hydrogen) atoms. The maximum Gasteiger partial charge on any atom is 0.418 e. The molecule has 0 N–H and O–H groups in total. The zero-order chi connectivity index (χ0) is 26.8. The molecule has 3 aromatic rings. The van der Waals surface area contributed by atoms with E-state index in [1.54, 1.807) is 0 Å². The Labute approximate surface area is 212 Å². The quantitative estimate of drug-likeness (QED) is 0.379. The number of amides is 1. The number of nitrogens with zero attached hydrogens (tertiary/aromatic N) is 2. The molecule has 0 bridgehead atoms. The Hall–Kier alpha value is -3.60. The summed E-state index contributed by atoms with van der Waals surface area (Å²) in [5.74, 6) is -0.752. The van der Waals surface area contributed by atoms with Gasteiger partial charge in [-0.3, -0.25) is 9.10 Å². The molecule has 0 spiro atoms. The first-order valence-electron chi connectivity index (χ1n) is 11.4. The summed E-state index contributed by atoms with van der Waals surface area (Å²) in [6, 6.07) is 14.5. The third-order valence-electron chi connectivity index (χ3n) is 6.23. The van der Waals surface area contributed by atoms with Gasteiger partial charge < -0.3 is 9.64 Å². The van der Waals surface area contributed by atoms with E-state index in [1.165, 1.54) is 66.6 Å². The Morgan fingerprint density at radius 2 is 1.68 bits per heavy atom. The number of hydrogen-bond acceptors (Lipinski definition) is 4. The van der Waals surface area contributed by atoms with Gasteiger partial charge in [-0.2, -0.15) is 13.2 Å². The van der Waals surface area contributed by atoms with Crippen LogP contribution in [0.1, 0.15) is 30.0 Å². The molecule has 0 aliphatic carbocycles. The van der Waals surface area contributed by atoms with E-state index in [9.17, 15) is 30.8 Å². The summed E-state index contributed by atoms with van der Waals surface area (Å²) >= 11 is 0. The third kappa shape index (κ3) is 5.56. The van der Waals surface area contributed by atoms with E-state index in [0.29, 0.717) is 28.5 Å². The maximum atomic E-state index is 13.9. The van der Waals surface area contributed by atoms with Crippen LogP contribution in [0.15, 0.2) is 77.7 Å². The fourth-order valence-corrected chi connectivity index (χ4v) is 5.85. The molecule has 196 valence electrons. The number of likely N-dealkylation sites (tertiary alicyclic amines) is 1. The third-order valence-corrected chi connectivity index (χ3v) is 8.01. The lowest BCUT2D eigenvalue weighted by Crippen LogP contribution is -2.43. The molecule has 1 unspecified atom stereocenters. The van der Waals surface area contributed by atoms with Gasteiger partial charge in [-0.15, -0.1) is 0 Å². The van der Waals surface area contributed by atoms with Crippen LogP contribution >= 0.6 is 0 Å². The SMILES string of the molecule is COc1ccc(S(=O)(=O)N(CC(=O)N2CCCC2c2ccc(F)cc2)c2ccccc2C(F)(F)F)cc1. The number of benzene rings is 3. The molecule has 11 heteroatoms. The number of methoxy groups -OCH3 is 1. The molecule has 1 fully saturated rings. The fourth-order valence-electron chi connectivity index (χ4n) is 4.42. The van der Waals surface area contributed by atoms with Gasteiger partial charge in [-0.05, 0) is 66.9 Å². The van der Waals surface area contributed by atoms with E-state index in [4.69, 9.17) is 4.74 Å². The number of halogens is 4. The van der Waals surface area contributed by atoms with Crippen LogP contribution in [0, 0.1) is 5.82 Å². The lowest BCUT2D eigenvalue weighted by atomic mass is 10.0. The summed E-state index contributed by atoms with van der Waals surface area (Å²) in [4.78, 5) is 14.6. The van der Waals surface area contributed by atoms with Crippen LogP contribution < -0.4 is 9.04 Å². The van der Waals surface area contributed by atoms with Gasteiger partial charge in [-0.25, -0.2) is 12.8 Å². The minimum atomic E-state index is -4.86. The highest BCUT2D eigenvalue weighted by Gasteiger charge is 2.40. The molecule has 1 amide bonds. The van der Waals surface area contributed by atoms with Gasteiger partial charge in [0.05, 0.1) is 29.3 Å². The van der Waals surface area contributed by atoms with Crippen molar-refractivity contribution in [2.24, 2.45) is 0 Å². The smallest absolute Gasteiger partial charge is 0.418 e. The van der Waals surface area contributed by atoms with Crippen LogP contribution in [0.2, 0.25) is 0 Å². The van der Waals surface area contributed by atoms with E-state index >= 15 is 0 Å². The van der Waals surface area contributed by atoms with Gasteiger partial charge in [0, 0.05) is 6.54 Å². The summed E-state index contributed by atoms with van der Waals surface area (Å²) in [6.07, 6.45) is -3.70. The molecule has 0 saturated carbocycles. The Balaban J connectivity index is 1.75. The minimum Gasteiger partial charge on any atom is -0.497 e. The molecule has 4 rings (SSSR count). The highest BCUT2D eigenvalue weighted by molar-refractivity contribution is 7.92. The molecular formula is C26H24F4N2O4S. The maximum absolute atomic E-state index is 13.9. The number of hydrogen-bond donors (Lipinski definition) is 0. The predicted octanol–water partition coefficient (Wildman–Crippen LogP) is 5.41. The van der Waals surface area contributed by atoms with Crippen molar-refractivity contribution < 1.29 is 35.5 Å². The van der Waals surface area contributed by atoms with Crippen molar-refractivity contribution in [1.29, 1.82) is 0 Å². The lowest BCUT2D eigenvalue weighted by Gasteiger charge is -2.31. The molecular weight excluding hydrogens is 512 g/mol. The zero-order valence-electron chi connectivity index (χ0n) is 19.8. The van der Waals surface area contributed by atoms with Gasteiger partial charge in [0.25, 0.3) is 10.0 Å². The summed E-state index contributed by atoms with van der Waals surface area (Å²) < 4.78 is 87.9. The van der Waals surface area contributed by atoms with E-state index in [0.717, 1.165) is 18.2 Å². The van der Waals surface area contributed by atoms with Crippen LogP contribution in [0.3, 0.4) is 0 Å². The number of anilines is 1. The molecule has 1 heterocycles. The fraction of sp³-hybridized carbons (Fsp3) is 0.269. The number of carbonyl (C=O) groups excluding carboxylic acids is 1. The van der Waals surface area contributed by atoms with Crippen molar-refractivity contribution in [2.45, 2.75) is 30.0 Å². The largest absolute Gasteiger partial charge is 0.497 e. The Bertz CT molecular complexity index is 1360. The number of rotatable bonds is 7. The molecule has 0 aromatic heterocycles. The number of carbonyl (C=O) groups is 1. The van der Waals surface area contributed by atoms with E-state index in [2.05, 4.69) is 0 Å². The molecule has 1 aliphatic rings. The van der Waals surface area contributed by atoms with E-state index in [-0.39, 0.29) is 11.4 Å². The van der Waals surface area contributed by atoms with E-state index in [1.807, 2.05) is 0 Å².